The first-order valence-corrected chi connectivity index (χ1v) is 7.14. The number of carbonyl (C=O) groups is 2. The third kappa shape index (κ3) is 5.23. The van der Waals surface area contributed by atoms with Gasteiger partial charge in [0, 0.05) is 4.90 Å². The normalized spacial score (nSPS) is 10.1. The Labute approximate surface area is 125 Å². The summed E-state index contributed by atoms with van der Waals surface area (Å²) >= 11 is 1.27. The van der Waals surface area contributed by atoms with Crippen LogP contribution in [0.1, 0.15) is 5.76 Å². The molecule has 0 aliphatic heterocycles. The molecule has 0 atom stereocenters. The summed E-state index contributed by atoms with van der Waals surface area (Å²) in [6, 6.07) is 9.35. The third-order valence-electron chi connectivity index (χ3n) is 2.46. The monoisotopic (exact) mass is 306 g/mol. The summed E-state index contributed by atoms with van der Waals surface area (Å²) in [5.74, 6) is 0.487. The number of thioether (sulfide) groups is 1. The highest BCUT2D eigenvalue weighted by Crippen LogP contribution is 2.20. The Morgan fingerprint density at radius 1 is 1.19 bits per heavy atom. The number of carbonyl (C=O) groups excluding carboxylic acids is 2. The van der Waals surface area contributed by atoms with Gasteiger partial charge in [-0.05, 0) is 36.4 Å². The Balaban J connectivity index is 1.68. The maximum absolute atomic E-state index is 11.6. The predicted molar refractivity (Wildman–Crippen MR) is 77.9 cm³/mol. The number of hydrogen-bond acceptors (Lipinski definition) is 5. The lowest BCUT2D eigenvalue weighted by atomic mass is 10.3. The fourth-order valence-electron chi connectivity index (χ4n) is 1.48. The van der Waals surface area contributed by atoms with Crippen LogP contribution < -0.4 is 10.6 Å². The highest BCUT2D eigenvalue weighted by Gasteiger charge is 2.08. The second kappa shape index (κ2) is 7.39. The molecule has 1 heterocycles. The number of benzene rings is 1. The van der Waals surface area contributed by atoms with E-state index in [0.29, 0.717) is 5.76 Å². The van der Waals surface area contributed by atoms with Crippen LogP contribution in [-0.2, 0) is 11.3 Å². The Bertz CT molecular complexity index is 596. The first-order valence-electron chi connectivity index (χ1n) is 6.15. The second-order valence-electron chi connectivity index (χ2n) is 4.09. The molecule has 3 amide bonds. The fraction of sp³-hybridized carbons (Fsp3) is 0.143. The van der Waals surface area contributed by atoms with E-state index in [-0.39, 0.29) is 18.0 Å². The zero-order valence-corrected chi connectivity index (χ0v) is 11.9. The number of hydrogen-bond donors (Lipinski definition) is 3. The van der Waals surface area contributed by atoms with Crippen molar-refractivity contribution in [1.82, 2.24) is 10.6 Å². The topological polar surface area (TPSA) is 91.6 Å². The van der Waals surface area contributed by atoms with Gasteiger partial charge >= 0.3 is 6.03 Å². The molecule has 3 N–H and O–H groups in total. The van der Waals surface area contributed by atoms with Crippen LogP contribution in [0.25, 0.3) is 0 Å². The van der Waals surface area contributed by atoms with Crippen molar-refractivity contribution in [1.29, 1.82) is 0 Å². The molecule has 0 radical (unpaired) electrons. The van der Waals surface area contributed by atoms with E-state index in [0.717, 1.165) is 4.90 Å². The van der Waals surface area contributed by atoms with Gasteiger partial charge in [-0.3, -0.25) is 10.1 Å². The van der Waals surface area contributed by atoms with Crippen LogP contribution in [-0.4, -0.2) is 22.8 Å². The summed E-state index contributed by atoms with van der Waals surface area (Å²) in [6.07, 6.45) is 1.51. The van der Waals surface area contributed by atoms with Gasteiger partial charge in [-0.2, -0.15) is 0 Å². The summed E-state index contributed by atoms with van der Waals surface area (Å²) in [7, 11) is 0. The van der Waals surface area contributed by atoms with Crippen LogP contribution in [0.5, 0.6) is 5.75 Å². The Morgan fingerprint density at radius 2 is 1.95 bits per heavy atom. The lowest BCUT2D eigenvalue weighted by Gasteiger charge is -2.05. The molecule has 1 aromatic heterocycles. The van der Waals surface area contributed by atoms with E-state index < -0.39 is 11.9 Å². The quantitative estimate of drug-likeness (QED) is 0.736. The van der Waals surface area contributed by atoms with Crippen molar-refractivity contribution in [3.05, 3.63) is 48.4 Å². The van der Waals surface area contributed by atoms with E-state index in [9.17, 15) is 9.59 Å². The highest BCUT2D eigenvalue weighted by atomic mass is 32.2. The fourth-order valence-corrected chi connectivity index (χ4v) is 2.18. The molecule has 0 saturated heterocycles. The van der Waals surface area contributed by atoms with E-state index >= 15 is 0 Å². The maximum Gasteiger partial charge on any atom is 0.321 e. The van der Waals surface area contributed by atoms with E-state index in [1.165, 1.54) is 30.2 Å². The van der Waals surface area contributed by atoms with Crippen molar-refractivity contribution < 1.29 is 19.1 Å². The van der Waals surface area contributed by atoms with Crippen molar-refractivity contribution in [2.75, 3.05) is 5.75 Å². The van der Waals surface area contributed by atoms with Crippen molar-refractivity contribution in [2.24, 2.45) is 0 Å². The molecule has 110 valence electrons. The van der Waals surface area contributed by atoms with Gasteiger partial charge in [0.2, 0.25) is 5.91 Å². The molecular weight excluding hydrogens is 292 g/mol. The summed E-state index contributed by atoms with van der Waals surface area (Å²) < 4.78 is 5.05. The van der Waals surface area contributed by atoms with Crippen molar-refractivity contribution >= 4 is 23.7 Å². The molecule has 0 fully saturated rings. The van der Waals surface area contributed by atoms with Gasteiger partial charge < -0.3 is 14.8 Å². The first-order chi connectivity index (χ1) is 10.1. The van der Waals surface area contributed by atoms with Crippen molar-refractivity contribution in [2.45, 2.75) is 11.4 Å². The third-order valence-corrected chi connectivity index (χ3v) is 3.47. The van der Waals surface area contributed by atoms with Gasteiger partial charge in [0.1, 0.15) is 11.5 Å². The summed E-state index contributed by atoms with van der Waals surface area (Å²) in [5, 5.41) is 13.9. The molecule has 1 aromatic carbocycles. The van der Waals surface area contributed by atoms with Crippen LogP contribution in [0.4, 0.5) is 4.79 Å². The van der Waals surface area contributed by atoms with Crippen LogP contribution in [0, 0.1) is 0 Å². The van der Waals surface area contributed by atoms with Crippen LogP contribution >= 0.6 is 11.8 Å². The zero-order valence-electron chi connectivity index (χ0n) is 11.0. The molecule has 0 saturated carbocycles. The molecule has 6 nitrogen and oxygen atoms in total. The van der Waals surface area contributed by atoms with E-state index in [1.807, 2.05) is 0 Å². The average Bonchev–Trinajstić information content (AvgIpc) is 2.98. The molecule has 0 unspecified atom stereocenters. The van der Waals surface area contributed by atoms with Crippen molar-refractivity contribution in [3.63, 3.8) is 0 Å². The minimum atomic E-state index is -0.567. The number of phenolic OH excluding ortho intramolecular Hbond substituents is 1. The minimum absolute atomic E-state index is 0.110. The Morgan fingerprint density at radius 3 is 2.62 bits per heavy atom. The van der Waals surface area contributed by atoms with Crippen LogP contribution in [0.2, 0.25) is 0 Å². The molecule has 21 heavy (non-hydrogen) atoms. The zero-order chi connectivity index (χ0) is 15.1. The Kier molecular flexibility index (Phi) is 5.28. The number of imide groups is 1. The molecule has 0 bridgehead atoms. The number of urea groups is 1. The van der Waals surface area contributed by atoms with Gasteiger partial charge in [0.15, 0.2) is 0 Å². The average molecular weight is 306 g/mol. The summed E-state index contributed by atoms with van der Waals surface area (Å²) in [6.45, 7) is 0.219. The SMILES string of the molecule is O=C(CSc1ccc(O)cc1)NC(=O)NCc1ccco1. The molecule has 2 rings (SSSR count). The standard InChI is InChI=1S/C14H14N2O4S/c17-10-3-5-12(6-4-10)21-9-13(18)16-14(19)15-8-11-2-1-7-20-11/h1-7,17H,8-9H2,(H2,15,16,18,19). The van der Waals surface area contributed by atoms with Gasteiger partial charge in [-0.15, -0.1) is 11.8 Å². The van der Waals surface area contributed by atoms with E-state index in [4.69, 9.17) is 9.52 Å². The predicted octanol–water partition coefficient (Wildman–Crippen LogP) is 2.10. The molecule has 2 aromatic rings. The maximum atomic E-state index is 11.6. The molecule has 0 aliphatic rings. The summed E-state index contributed by atoms with van der Waals surface area (Å²) in [4.78, 5) is 23.9. The number of furan rings is 1. The van der Waals surface area contributed by atoms with Crippen LogP contribution in [0.15, 0.2) is 52.0 Å². The number of nitrogens with one attached hydrogen (secondary N) is 2. The van der Waals surface area contributed by atoms with Crippen molar-refractivity contribution in [3.8, 4) is 5.75 Å². The minimum Gasteiger partial charge on any atom is -0.508 e. The highest BCUT2D eigenvalue weighted by molar-refractivity contribution is 8.00. The van der Waals surface area contributed by atoms with E-state index in [2.05, 4.69) is 10.6 Å². The Hall–Kier alpha value is -2.41. The summed E-state index contributed by atoms with van der Waals surface area (Å²) in [5.41, 5.74) is 0. The first kappa shape index (κ1) is 15.0. The number of aromatic hydroxyl groups is 1. The van der Waals surface area contributed by atoms with Gasteiger partial charge in [0.05, 0.1) is 18.6 Å². The molecule has 0 spiro atoms. The largest absolute Gasteiger partial charge is 0.508 e. The van der Waals surface area contributed by atoms with Gasteiger partial charge in [0.25, 0.3) is 0 Å². The lowest BCUT2D eigenvalue weighted by molar-refractivity contribution is -0.117. The van der Waals surface area contributed by atoms with Crippen LogP contribution in [0.3, 0.4) is 0 Å². The van der Waals surface area contributed by atoms with Gasteiger partial charge in [-0.25, -0.2) is 4.79 Å². The second-order valence-corrected chi connectivity index (χ2v) is 5.14. The smallest absolute Gasteiger partial charge is 0.321 e. The van der Waals surface area contributed by atoms with Gasteiger partial charge in [-0.1, -0.05) is 0 Å². The number of phenols is 1. The molecular formula is C14H14N2O4S. The number of rotatable bonds is 5. The number of amides is 3. The van der Waals surface area contributed by atoms with E-state index in [1.54, 1.807) is 24.3 Å². The lowest BCUT2D eigenvalue weighted by Crippen LogP contribution is -2.39. The molecule has 0 aliphatic carbocycles. The molecule has 7 heteroatoms.